The fourth-order valence-corrected chi connectivity index (χ4v) is 3.35. The van der Waals surface area contributed by atoms with Crippen LogP contribution in [-0.2, 0) is 26.8 Å². The number of hydrogen-bond acceptors (Lipinski definition) is 3. The summed E-state index contributed by atoms with van der Waals surface area (Å²) in [6.45, 7) is 17.5. The molecule has 0 aliphatic heterocycles. The molecule has 0 saturated heterocycles. The van der Waals surface area contributed by atoms with Crippen LogP contribution < -0.4 is 0 Å². The summed E-state index contributed by atoms with van der Waals surface area (Å²) < 4.78 is 5.45. The van der Waals surface area contributed by atoms with E-state index in [4.69, 9.17) is 4.74 Å². The van der Waals surface area contributed by atoms with E-state index < -0.39 is 0 Å². The fourth-order valence-electron chi connectivity index (χ4n) is 3.35. The van der Waals surface area contributed by atoms with Crippen molar-refractivity contribution in [1.29, 1.82) is 0 Å². The number of benzene rings is 1. The third kappa shape index (κ3) is 8.24. The lowest BCUT2D eigenvalue weighted by atomic mass is 9.78. The maximum atomic E-state index is 12.3. The van der Waals surface area contributed by atoms with E-state index in [1.54, 1.807) is 0 Å². The highest BCUT2D eigenvalue weighted by molar-refractivity contribution is 5.73. The van der Waals surface area contributed by atoms with Gasteiger partial charge < -0.3 is 9.84 Å². The molecule has 0 fully saturated rings. The monoisotopic (exact) mass is 390 g/mol. The summed E-state index contributed by atoms with van der Waals surface area (Å²) in [6.07, 6.45) is 6.02. The molecule has 0 saturated carbocycles. The van der Waals surface area contributed by atoms with Gasteiger partial charge in [0.2, 0.25) is 0 Å². The van der Waals surface area contributed by atoms with E-state index in [-0.39, 0.29) is 23.2 Å². The lowest BCUT2D eigenvalue weighted by Gasteiger charge is -2.28. The van der Waals surface area contributed by atoms with Gasteiger partial charge in [-0.2, -0.15) is 0 Å². The summed E-state index contributed by atoms with van der Waals surface area (Å²) >= 11 is 0. The molecule has 160 valence electrons. The number of phenolic OH excluding ortho intramolecular Hbond substituents is 1. The second kappa shape index (κ2) is 10.3. The molecule has 0 spiro atoms. The molecule has 1 N–H and O–H groups in total. The van der Waals surface area contributed by atoms with Gasteiger partial charge in [-0.15, -0.1) is 0 Å². The van der Waals surface area contributed by atoms with E-state index in [1.807, 2.05) is 12.1 Å². The Morgan fingerprint density at radius 1 is 0.929 bits per heavy atom. The zero-order chi connectivity index (χ0) is 21.5. The van der Waals surface area contributed by atoms with E-state index >= 15 is 0 Å². The molecule has 0 aliphatic carbocycles. The van der Waals surface area contributed by atoms with Crippen LogP contribution in [0.3, 0.4) is 0 Å². The molecule has 1 aromatic rings. The Labute approximate surface area is 172 Å². The number of hydrogen-bond donors (Lipinski definition) is 1. The highest BCUT2D eigenvalue weighted by Crippen LogP contribution is 2.39. The Hall–Kier alpha value is -1.51. The molecule has 1 aromatic carbocycles. The maximum Gasteiger partial charge on any atom is 0.310 e. The topological polar surface area (TPSA) is 46.5 Å². The van der Waals surface area contributed by atoms with Crippen LogP contribution in [0.25, 0.3) is 0 Å². The summed E-state index contributed by atoms with van der Waals surface area (Å²) in [7, 11) is 0. The zero-order valence-electron chi connectivity index (χ0n) is 19.4. The number of unbranched alkanes of at least 4 members (excludes halogenated alkanes) is 3. The van der Waals surface area contributed by atoms with E-state index in [1.165, 1.54) is 19.3 Å². The van der Waals surface area contributed by atoms with Crippen molar-refractivity contribution in [1.82, 2.24) is 0 Å². The van der Waals surface area contributed by atoms with Crippen LogP contribution in [-0.4, -0.2) is 17.7 Å². The molecule has 0 aromatic heterocycles. The summed E-state index contributed by atoms with van der Waals surface area (Å²) in [4.78, 5) is 12.3. The summed E-state index contributed by atoms with van der Waals surface area (Å²) in [6, 6.07) is 3.91. The highest BCUT2D eigenvalue weighted by atomic mass is 16.5. The predicted molar refractivity (Wildman–Crippen MR) is 118 cm³/mol. The third-order valence-corrected chi connectivity index (χ3v) is 5.07. The number of carbonyl (C=O) groups excluding carboxylic acids is 1. The first-order valence-electron chi connectivity index (χ1n) is 10.8. The minimum atomic E-state index is -0.194. The second-order valence-electron chi connectivity index (χ2n) is 10.5. The molecule has 0 unspecified atom stereocenters. The first kappa shape index (κ1) is 24.5. The molecule has 0 heterocycles. The van der Waals surface area contributed by atoms with Crippen molar-refractivity contribution < 1.29 is 14.6 Å². The van der Waals surface area contributed by atoms with Crippen LogP contribution >= 0.6 is 0 Å². The largest absolute Gasteiger partial charge is 0.507 e. The first-order valence-corrected chi connectivity index (χ1v) is 10.8. The third-order valence-electron chi connectivity index (χ3n) is 5.07. The molecule has 0 bridgehead atoms. The van der Waals surface area contributed by atoms with Crippen molar-refractivity contribution in [3.8, 4) is 5.75 Å². The van der Waals surface area contributed by atoms with E-state index in [0.29, 0.717) is 12.4 Å². The second-order valence-corrected chi connectivity index (χ2v) is 10.5. The minimum Gasteiger partial charge on any atom is -0.507 e. The normalized spacial score (nSPS) is 12.5. The molecule has 3 nitrogen and oxygen atoms in total. The van der Waals surface area contributed by atoms with Gasteiger partial charge >= 0.3 is 5.97 Å². The summed E-state index contributed by atoms with van der Waals surface area (Å²) in [5.74, 6) is 0.921. The van der Waals surface area contributed by atoms with Gasteiger partial charge in [-0.1, -0.05) is 93.2 Å². The van der Waals surface area contributed by atoms with Crippen LogP contribution in [0.2, 0.25) is 0 Å². The van der Waals surface area contributed by atoms with Gasteiger partial charge in [0.15, 0.2) is 0 Å². The van der Waals surface area contributed by atoms with Gasteiger partial charge in [-0.05, 0) is 39.9 Å². The SMILES string of the molecule is CC(C)CCCCCCOC(=O)Cc1cc(C(C)(C)C)c(O)c(C(C)(C)C)c1. The Morgan fingerprint density at radius 3 is 1.89 bits per heavy atom. The van der Waals surface area contributed by atoms with E-state index in [9.17, 15) is 9.90 Å². The molecule has 0 atom stereocenters. The smallest absolute Gasteiger partial charge is 0.310 e. The number of esters is 1. The van der Waals surface area contributed by atoms with Gasteiger partial charge in [-0.25, -0.2) is 0 Å². The number of ether oxygens (including phenoxy) is 1. The average molecular weight is 391 g/mol. The van der Waals surface area contributed by atoms with Crippen LogP contribution in [0.5, 0.6) is 5.75 Å². The van der Waals surface area contributed by atoms with Crippen molar-refractivity contribution in [2.24, 2.45) is 5.92 Å². The van der Waals surface area contributed by atoms with Crippen molar-refractivity contribution in [3.05, 3.63) is 28.8 Å². The molecule has 28 heavy (non-hydrogen) atoms. The predicted octanol–water partition coefficient (Wildman–Crippen LogP) is 6.68. The molecule has 1 rings (SSSR count). The highest BCUT2D eigenvalue weighted by Gasteiger charge is 2.27. The van der Waals surface area contributed by atoms with Gasteiger partial charge in [0.25, 0.3) is 0 Å². The van der Waals surface area contributed by atoms with Crippen molar-refractivity contribution in [3.63, 3.8) is 0 Å². The standard InChI is InChI=1S/C25H42O3/c1-18(2)13-11-9-10-12-14-28-22(26)17-19-15-20(24(3,4)5)23(27)21(16-19)25(6,7)8/h15-16,18,27H,9-14,17H2,1-8H3. The molecule has 0 aliphatic rings. The number of phenols is 1. The van der Waals surface area contributed by atoms with Crippen LogP contribution in [0.15, 0.2) is 12.1 Å². The van der Waals surface area contributed by atoms with Crippen molar-refractivity contribution in [2.75, 3.05) is 6.61 Å². The zero-order valence-corrected chi connectivity index (χ0v) is 19.4. The summed E-state index contributed by atoms with van der Waals surface area (Å²) in [5.41, 5.74) is 2.29. The lowest BCUT2D eigenvalue weighted by molar-refractivity contribution is -0.142. The van der Waals surface area contributed by atoms with Gasteiger partial charge in [0.05, 0.1) is 13.0 Å². The average Bonchev–Trinajstić information content (AvgIpc) is 2.53. The molecule has 3 heteroatoms. The van der Waals surface area contributed by atoms with Crippen molar-refractivity contribution in [2.45, 2.75) is 105 Å². The fraction of sp³-hybridized carbons (Fsp3) is 0.720. The lowest BCUT2D eigenvalue weighted by Crippen LogP contribution is -2.19. The molecule has 0 radical (unpaired) electrons. The van der Waals surface area contributed by atoms with Gasteiger partial charge in [-0.3, -0.25) is 4.79 Å². The Morgan fingerprint density at radius 2 is 1.43 bits per heavy atom. The molecular formula is C25H42O3. The van der Waals surface area contributed by atoms with Crippen molar-refractivity contribution >= 4 is 5.97 Å². The molecule has 0 amide bonds. The minimum absolute atomic E-state index is 0.187. The van der Waals surface area contributed by atoms with E-state index in [2.05, 4.69) is 55.4 Å². The number of rotatable bonds is 9. The first-order chi connectivity index (χ1) is 12.8. The van der Waals surface area contributed by atoms with Crippen LogP contribution in [0.4, 0.5) is 0 Å². The summed E-state index contributed by atoms with van der Waals surface area (Å²) in [5, 5.41) is 10.8. The quantitative estimate of drug-likeness (QED) is 0.378. The van der Waals surface area contributed by atoms with Gasteiger partial charge in [0, 0.05) is 0 Å². The Kier molecular flexibility index (Phi) is 9.04. The van der Waals surface area contributed by atoms with Gasteiger partial charge in [0.1, 0.15) is 5.75 Å². The van der Waals surface area contributed by atoms with Crippen LogP contribution in [0, 0.1) is 5.92 Å². The number of aromatic hydroxyl groups is 1. The van der Waals surface area contributed by atoms with E-state index in [0.717, 1.165) is 35.4 Å². The Bertz CT molecular complexity index is 595. The Balaban J connectivity index is 2.69. The maximum absolute atomic E-state index is 12.3. The number of carbonyl (C=O) groups is 1. The molecular weight excluding hydrogens is 348 g/mol. The van der Waals surface area contributed by atoms with Crippen LogP contribution in [0.1, 0.15) is 104 Å².